The van der Waals surface area contributed by atoms with Crippen LogP contribution < -0.4 is 19.4 Å². The highest BCUT2D eigenvalue weighted by molar-refractivity contribution is 7.93. The number of fused-ring (bicyclic) bond motifs is 1. The van der Waals surface area contributed by atoms with E-state index >= 15 is 0 Å². The van der Waals surface area contributed by atoms with Gasteiger partial charge < -0.3 is 9.47 Å². The number of hydroxylamine groups is 1. The molecule has 0 unspecified atom stereocenters. The number of hydrogen-bond acceptors (Lipinski definition) is 7. The van der Waals surface area contributed by atoms with Gasteiger partial charge in [0.25, 0.3) is 15.9 Å². The van der Waals surface area contributed by atoms with Crippen molar-refractivity contribution < 1.29 is 32.7 Å². The Bertz CT molecular complexity index is 1200. The quantitative estimate of drug-likeness (QED) is 0.479. The number of ether oxygens (including phenoxy) is 2. The summed E-state index contributed by atoms with van der Waals surface area (Å²) in [7, 11) is -4.30. The van der Waals surface area contributed by atoms with Crippen LogP contribution in [0.25, 0.3) is 0 Å². The lowest BCUT2D eigenvalue weighted by atomic mass is 10.1. The van der Waals surface area contributed by atoms with Gasteiger partial charge in [0.1, 0.15) is 23.0 Å². The van der Waals surface area contributed by atoms with Crippen LogP contribution in [-0.4, -0.2) is 49.4 Å². The van der Waals surface area contributed by atoms with Gasteiger partial charge in [-0.1, -0.05) is 12.1 Å². The van der Waals surface area contributed by atoms with Gasteiger partial charge in [0.05, 0.1) is 22.8 Å². The first-order chi connectivity index (χ1) is 16.1. The summed E-state index contributed by atoms with van der Waals surface area (Å²) >= 11 is 0. The highest BCUT2D eigenvalue weighted by Gasteiger charge is 2.44. The molecule has 2 amide bonds. The molecule has 0 saturated heterocycles. The molecule has 0 aliphatic carbocycles. The summed E-state index contributed by atoms with van der Waals surface area (Å²) in [6.45, 7) is 10.3. The van der Waals surface area contributed by atoms with Crippen molar-refractivity contribution in [3.05, 3.63) is 48.5 Å². The fourth-order valence-electron chi connectivity index (χ4n) is 3.59. The number of sulfonamides is 1. The van der Waals surface area contributed by atoms with Gasteiger partial charge in [-0.2, -0.15) is 0 Å². The van der Waals surface area contributed by atoms with Crippen LogP contribution in [0.1, 0.15) is 41.5 Å². The number of hydrogen-bond donors (Lipinski definition) is 2. The molecule has 1 heterocycles. The normalized spacial score (nSPS) is 16.4. The van der Waals surface area contributed by atoms with Crippen molar-refractivity contribution in [1.82, 2.24) is 5.48 Å². The zero-order valence-electron chi connectivity index (χ0n) is 20.6. The monoisotopic (exact) mass is 505 g/mol. The van der Waals surface area contributed by atoms with Crippen molar-refractivity contribution in [2.24, 2.45) is 0 Å². The van der Waals surface area contributed by atoms with Crippen molar-refractivity contribution in [1.29, 1.82) is 0 Å². The van der Waals surface area contributed by atoms with Crippen LogP contribution in [-0.2, 0) is 19.6 Å². The Morgan fingerprint density at radius 1 is 0.943 bits per heavy atom. The molecule has 1 aliphatic rings. The SMILES string of the molecule is CC(C)(C)OC(=O)N1C[C@H](C(=O)NO)N(S(=O)(=O)c2ccc(OC(C)(C)C)cc2)c2ccccc21. The minimum absolute atomic E-state index is 0.0879. The molecule has 2 aromatic carbocycles. The molecule has 0 aromatic heterocycles. The zero-order chi connectivity index (χ0) is 26.2. The fraction of sp³-hybridized carbons (Fsp3) is 0.417. The first kappa shape index (κ1) is 26.3. The molecular weight excluding hydrogens is 474 g/mol. The van der Waals surface area contributed by atoms with Crippen molar-refractivity contribution >= 4 is 33.4 Å². The molecule has 0 radical (unpaired) electrons. The molecule has 0 spiro atoms. The lowest BCUT2D eigenvalue weighted by Gasteiger charge is -2.41. The van der Waals surface area contributed by atoms with Gasteiger partial charge in [-0.15, -0.1) is 0 Å². The topological polar surface area (TPSA) is 125 Å². The lowest BCUT2D eigenvalue weighted by molar-refractivity contribution is -0.130. The maximum absolute atomic E-state index is 13.8. The van der Waals surface area contributed by atoms with E-state index in [1.54, 1.807) is 39.0 Å². The highest BCUT2D eigenvalue weighted by atomic mass is 32.2. The number of nitrogens with one attached hydrogen (secondary N) is 1. The summed E-state index contributed by atoms with van der Waals surface area (Å²) < 4.78 is 39.7. The number of rotatable bonds is 4. The van der Waals surface area contributed by atoms with Crippen LogP contribution in [0.4, 0.5) is 16.2 Å². The van der Waals surface area contributed by atoms with E-state index in [1.165, 1.54) is 40.7 Å². The average molecular weight is 506 g/mol. The second-order valence-electron chi connectivity index (χ2n) is 10.1. The lowest BCUT2D eigenvalue weighted by Crippen LogP contribution is -2.59. The Hall–Kier alpha value is -3.31. The number of benzene rings is 2. The Morgan fingerprint density at radius 3 is 2.03 bits per heavy atom. The number of nitrogens with zero attached hydrogens (tertiary/aromatic N) is 2. The van der Waals surface area contributed by atoms with Gasteiger partial charge >= 0.3 is 6.09 Å². The van der Waals surface area contributed by atoms with Gasteiger partial charge in [-0.3, -0.25) is 14.9 Å². The predicted octanol–water partition coefficient (Wildman–Crippen LogP) is 3.69. The first-order valence-electron chi connectivity index (χ1n) is 11.0. The molecule has 11 heteroatoms. The van der Waals surface area contributed by atoms with Crippen LogP contribution >= 0.6 is 0 Å². The summed E-state index contributed by atoms with van der Waals surface area (Å²) in [5.41, 5.74) is 0.570. The summed E-state index contributed by atoms with van der Waals surface area (Å²) in [5, 5.41) is 9.37. The van der Waals surface area contributed by atoms with Gasteiger partial charge in [0.15, 0.2) is 0 Å². The van der Waals surface area contributed by atoms with Crippen LogP contribution in [0.5, 0.6) is 5.75 Å². The first-order valence-corrected chi connectivity index (χ1v) is 12.4. The molecule has 0 fully saturated rings. The van der Waals surface area contributed by atoms with Crippen LogP contribution in [0, 0.1) is 0 Å². The van der Waals surface area contributed by atoms with Crippen molar-refractivity contribution in [2.45, 2.75) is 63.7 Å². The molecule has 0 saturated carbocycles. The largest absolute Gasteiger partial charge is 0.488 e. The van der Waals surface area contributed by atoms with Gasteiger partial charge in [-0.25, -0.2) is 23.0 Å². The van der Waals surface area contributed by atoms with E-state index in [1.807, 2.05) is 20.8 Å². The average Bonchev–Trinajstić information content (AvgIpc) is 2.75. The van der Waals surface area contributed by atoms with Crippen molar-refractivity contribution in [2.75, 3.05) is 15.7 Å². The molecule has 0 bridgehead atoms. The van der Waals surface area contributed by atoms with Gasteiger partial charge in [-0.05, 0) is 77.9 Å². The van der Waals surface area contributed by atoms with Gasteiger partial charge in [0, 0.05) is 0 Å². The molecule has 10 nitrogen and oxygen atoms in total. The number of carbonyl (C=O) groups is 2. The summed E-state index contributed by atoms with van der Waals surface area (Å²) in [5.74, 6) is -0.513. The maximum Gasteiger partial charge on any atom is 0.414 e. The molecule has 3 rings (SSSR count). The summed E-state index contributed by atoms with van der Waals surface area (Å²) in [6.07, 6.45) is -0.749. The van der Waals surface area contributed by atoms with Gasteiger partial charge in [0.2, 0.25) is 0 Å². The van der Waals surface area contributed by atoms with E-state index in [9.17, 15) is 23.2 Å². The standard InChI is InChI=1S/C24H31N3O7S/c1-23(2,3)33-16-11-13-17(14-12-16)35(31,32)27-19-10-8-7-9-18(19)26(15-20(27)21(28)25-30)22(29)34-24(4,5)6/h7-14,20,30H,15H2,1-6H3,(H,25,28)/t20-/m1/s1. The van der Waals surface area contributed by atoms with Crippen molar-refractivity contribution in [3.63, 3.8) is 0 Å². The Labute approximate surface area is 205 Å². The molecule has 2 N–H and O–H groups in total. The second kappa shape index (κ2) is 9.38. The second-order valence-corrected chi connectivity index (χ2v) is 11.9. The maximum atomic E-state index is 13.8. The Balaban J connectivity index is 2.10. The Kier molecular flexibility index (Phi) is 7.05. The summed E-state index contributed by atoms with van der Waals surface area (Å²) in [6, 6.07) is 10.6. The van der Waals surface area contributed by atoms with E-state index in [0.717, 1.165) is 4.31 Å². The van der Waals surface area contributed by atoms with E-state index < -0.39 is 39.3 Å². The molecule has 1 aliphatic heterocycles. The van der Waals surface area contributed by atoms with Crippen LogP contribution in [0.2, 0.25) is 0 Å². The number of para-hydroxylation sites is 2. The third-order valence-electron chi connectivity index (χ3n) is 4.88. The number of carbonyl (C=O) groups excluding carboxylic acids is 2. The van der Waals surface area contributed by atoms with E-state index in [2.05, 4.69) is 0 Å². The van der Waals surface area contributed by atoms with Crippen LogP contribution in [0.3, 0.4) is 0 Å². The molecular formula is C24H31N3O7S. The van der Waals surface area contributed by atoms with Crippen LogP contribution in [0.15, 0.2) is 53.4 Å². The number of anilines is 2. The summed E-state index contributed by atoms with van der Waals surface area (Å²) in [4.78, 5) is 26.7. The third kappa shape index (κ3) is 5.85. The molecule has 35 heavy (non-hydrogen) atoms. The number of amides is 2. The molecule has 190 valence electrons. The van der Waals surface area contributed by atoms with E-state index in [0.29, 0.717) is 5.75 Å². The molecule has 2 aromatic rings. The smallest absolute Gasteiger partial charge is 0.414 e. The Morgan fingerprint density at radius 2 is 1.51 bits per heavy atom. The predicted molar refractivity (Wildman–Crippen MR) is 130 cm³/mol. The third-order valence-corrected chi connectivity index (χ3v) is 6.72. The highest BCUT2D eigenvalue weighted by Crippen LogP contribution is 2.40. The minimum Gasteiger partial charge on any atom is -0.488 e. The molecule has 1 atom stereocenters. The minimum atomic E-state index is -4.30. The fourth-order valence-corrected chi connectivity index (χ4v) is 5.21. The van der Waals surface area contributed by atoms with E-state index in [-0.39, 0.29) is 22.8 Å². The van der Waals surface area contributed by atoms with Crippen molar-refractivity contribution in [3.8, 4) is 5.75 Å². The van der Waals surface area contributed by atoms with E-state index in [4.69, 9.17) is 9.47 Å². The zero-order valence-corrected chi connectivity index (χ0v) is 21.4.